The molecule has 1 aromatic rings. The topological polar surface area (TPSA) is 84.7 Å². The highest BCUT2D eigenvalue weighted by Gasteiger charge is 2.20. The average molecular weight is 293 g/mol. The zero-order valence-corrected chi connectivity index (χ0v) is 11.9. The van der Waals surface area contributed by atoms with Crippen molar-refractivity contribution in [3.05, 3.63) is 34.4 Å². The molecule has 0 aromatic heterocycles. The molecule has 1 fully saturated rings. The van der Waals surface area contributed by atoms with Gasteiger partial charge >= 0.3 is 5.69 Å². The van der Waals surface area contributed by atoms with E-state index in [2.05, 4.69) is 5.32 Å². The van der Waals surface area contributed by atoms with Gasteiger partial charge in [0.1, 0.15) is 0 Å². The first-order valence-corrected chi connectivity index (χ1v) is 6.95. The number of carbonyl (C=O) groups is 1. The number of para-hydroxylation sites is 2. The smallest absolute Gasteiger partial charge is 0.310 e. The van der Waals surface area contributed by atoms with Gasteiger partial charge in [0.15, 0.2) is 5.75 Å². The summed E-state index contributed by atoms with van der Waals surface area (Å²) in [5, 5.41) is 14.1. The van der Waals surface area contributed by atoms with E-state index in [4.69, 9.17) is 4.74 Å². The van der Waals surface area contributed by atoms with Crippen molar-refractivity contribution in [3.63, 3.8) is 0 Å². The van der Waals surface area contributed by atoms with Gasteiger partial charge in [0.2, 0.25) is 5.91 Å². The summed E-state index contributed by atoms with van der Waals surface area (Å²) in [5.41, 5.74) is -0.0826. The lowest BCUT2D eigenvalue weighted by Gasteiger charge is -2.31. The predicted molar refractivity (Wildman–Crippen MR) is 77.3 cm³/mol. The number of ether oxygens (including phenoxy) is 1. The highest BCUT2D eigenvalue weighted by Crippen LogP contribution is 2.25. The molecule has 1 atom stereocenters. The summed E-state index contributed by atoms with van der Waals surface area (Å²) >= 11 is 0. The Balaban J connectivity index is 1.84. The number of hydrogen-bond donors (Lipinski definition) is 1. The third-order valence-electron chi connectivity index (χ3n) is 3.36. The fourth-order valence-electron chi connectivity index (χ4n) is 2.30. The van der Waals surface area contributed by atoms with Crippen LogP contribution in [-0.4, -0.2) is 48.0 Å². The molecule has 1 saturated heterocycles. The summed E-state index contributed by atoms with van der Waals surface area (Å²) in [7, 11) is 0. The maximum atomic E-state index is 12.0. The summed E-state index contributed by atoms with van der Waals surface area (Å²) in [4.78, 5) is 24.2. The molecular formula is C14H19N3O4. The van der Waals surface area contributed by atoms with Gasteiger partial charge in [-0.25, -0.2) is 0 Å². The van der Waals surface area contributed by atoms with Gasteiger partial charge < -0.3 is 15.0 Å². The van der Waals surface area contributed by atoms with Crippen LogP contribution in [0.4, 0.5) is 5.69 Å². The number of nitro groups is 1. The van der Waals surface area contributed by atoms with E-state index >= 15 is 0 Å². The van der Waals surface area contributed by atoms with E-state index in [1.54, 1.807) is 17.0 Å². The molecule has 2 rings (SSSR count). The number of rotatable bonds is 5. The molecule has 0 saturated carbocycles. The van der Waals surface area contributed by atoms with Crippen LogP contribution in [0.3, 0.4) is 0 Å². The molecule has 1 aliphatic rings. The fourth-order valence-corrected chi connectivity index (χ4v) is 2.30. The second kappa shape index (κ2) is 7.03. The lowest BCUT2D eigenvalue weighted by Crippen LogP contribution is -2.51. The number of nitrogens with one attached hydrogen (secondary N) is 1. The molecule has 0 spiro atoms. The van der Waals surface area contributed by atoms with Crippen molar-refractivity contribution >= 4 is 11.6 Å². The van der Waals surface area contributed by atoms with Gasteiger partial charge in [-0.2, -0.15) is 0 Å². The highest BCUT2D eigenvalue weighted by atomic mass is 16.6. The molecular weight excluding hydrogens is 274 g/mol. The van der Waals surface area contributed by atoms with E-state index in [1.807, 2.05) is 6.92 Å². The molecule has 1 amide bonds. The minimum atomic E-state index is -0.491. The molecule has 0 bridgehead atoms. The van der Waals surface area contributed by atoms with Crippen molar-refractivity contribution in [2.75, 3.05) is 26.2 Å². The third kappa shape index (κ3) is 4.16. The SMILES string of the molecule is CC1CN(C(=O)CCOc2ccccc2[N+](=O)[O-])CCN1. The van der Waals surface area contributed by atoms with E-state index in [0.717, 1.165) is 6.54 Å². The second-order valence-electron chi connectivity index (χ2n) is 5.02. The van der Waals surface area contributed by atoms with Gasteiger partial charge in [-0.15, -0.1) is 0 Å². The van der Waals surface area contributed by atoms with Crippen molar-refractivity contribution in [1.82, 2.24) is 10.2 Å². The molecule has 1 N–H and O–H groups in total. The van der Waals surface area contributed by atoms with Crippen LogP contribution < -0.4 is 10.1 Å². The van der Waals surface area contributed by atoms with Crippen molar-refractivity contribution in [2.45, 2.75) is 19.4 Å². The van der Waals surface area contributed by atoms with Gasteiger partial charge in [-0.3, -0.25) is 14.9 Å². The first-order chi connectivity index (χ1) is 10.1. The van der Waals surface area contributed by atoms with E-state index in [1.165, 1.54) is 12.1 Å². The van der Waals surface area contributed by atoms with E-state index in [0.29, 0.717) is 19.1 Å². The van der Waals surface area contributed by atoms with E-state index in [-0.39, 0.29) is 30.4 Å². The Hall–Kier alpha value is -2.15. The number of nitrogens with zero attached hydrogens (tertiary/aromatic N) is 2. The van der Waals surface area contributed by atoms with Crippen LogP contribution in [0.5, 0.6) is 5.75 Å². The molecule has 1 aromatic carbocycles. The first-order valence-electron chi connectivity index (χ1n) is 6.95. The summed E-state index contributed by atoms with van der Waals surface area (Å²) in [6, 6.07) is 6.46. The molecule has 0 aliphatic carbocycles. The van der Waals surface area contributed by atoms with Crippen LogP contribution in [0.2, 0.25) is 0 Å². The van der Waals surface area contributed by atoms with Crippen molar-refractivity contribution in [1.29, 1.82) is 0 Å². The Morgan fingerprint density at radius 2 is 2.29 bits per heavy atom. The molecule has 0 radical (unpaired) electrons. The monoisotopic (exact) mass is 293 g/mol. The molecule has 114 valence electrons. The van der Waals surface area contributed by atoms with Crippen LogP contribution in [0.1, 0.15) is 13.3 Å². The van der Waals surface area contributed by atoms with Crippen molar-refractivity contribution < 1.29 is 14.5 Å². The first kappa shape index (κ1) is 15.2. The molecule has 1 heterocycles. The Morgan fingerprint density at radius 1 is 1.52 bits per heavy atom. The molecule has 21 heavy (non-hydrogen) atoms. The van der Waals surface area contributed by atoms with Gasteiger partial charge in [0, 0.05) is 31.7 Å². The maximum Gasteiger partial charge on any atom is 0.310 e. The quantitative estimate of drug-likeness (QED) is 0.651. The lowest BCUT2D eigenvalue weighted by atomic mass is 10.2. The largest absolute Gasteiger partial charge is 0.486 e. The number of carbonyl (C=O) groups excluding carboxylic acids is 1. The Labute approximate surface area is 123 Å². The zero-order valence-electron chi connectivity index (χ0n) is 11.9. The molecule has 1 aliphatic heterocycles. The molecule has 1 unspecified atom stereocenters. The standard InChI is InChI=1S/C14H19N3O4/c1-11-10-16(8-7-15-11)14(18)6-9-21-13-5-3-2-4-12(13)17(19)20/h2-5,11,15H,6-10H2,1H3. The maximum absolute atomic E-state index is 12.0. The zero-order chi connectivity index (χ0) is 15.2. The lowest BCUT2D eigenvalue weighted by molar-refractivity contribution is -0.385. The minimum Gasteiger partial charge on any atom is -0.486 e. The minimum absolute atomic E-state index is 0.0157. The van der Waals surface area contributed by atoms with Crippen LogP contribution in [0.15, 0.2) is 24.3 Å². The van der Waals surface area contributed by atoms with Crippen LogP contribution in [-0.2, 0) is 4.79 Å². The van der Waals surface area contributed by atoms with Crippen molar-refractivity contribution in [2.24, 2.45) is 0 Å². The molecule has 7 heteroatoms. The van der Waals surface area contributed by atoms with Crippen LogP contribution in [0.25, 0.3) is 0 Å². The van der Waals surface area contributed by atoms with Crippen LogP contribution >= 0.6 is 0 Å². The van der Waals surface area contributed by atoms with Gasteiger partial charge in [0.05, 0.1) is 18.0 Å². The number of piperazine rings is 1. The number of benzene rings is 1. The summed E-state index contributed by atoms with van der Waals surface area (Å²) in [6.45, 7) is 4.34. The number of nitro benzene ring substituents is 1. The normalized spacial score (nSPS) is 18.3. The van der Waals surface area contributed by atoms with E-state index in [9.17, 15) is 14.9 Å². The third-order valence-corrected chi connectivity index (χ3v) is 3.36. The Kier molecular flexibility index (Phi) is 5.10. The Morgan fingerprint density at radius 3 is 3.00 bits per heavy atom. The van der Waals surface area contributed by atoms with Crippen LogP contribution in [0, 0.1) is 10.1 Å². The van der Waals surface area contributed by atoms with Gasteiger partial charge in [0.25, 0.3) is 0 Å². The second-order valence-corrected chi connectivity index (χ2v) is 5.02. The summed E-state index contributed by atoms with van der Waals surface area (Å²) in [5.74, 6) is 0.214. The summed E-state index contributed by atoms with van der Waals surface area (Å²) in [6.07, 6.45) is 0.221. The van der Waals surface area contributed by atoms with Gasteiger partial charge in [-0.1, -0.05) is 12.1 Å². The number of amides is 1. The highest BCUT2D eigenvalue weighted by molar-refractivity contribution is 5.76. The van der Waals surface area contributed by atoms with E-state index < -0.39 is 4.92 Å². The van der Waals surface area contributed by atoms with Crippen molar-refractivity contribution in [3.8, 4) is 5.75 Å². The average Bonchev–Trinajstić information content (AvgIpc) is 2.47. The number of hydrogen-bond acceptors (Lipinski definition) is 5. The summed E-state index contributed by atoms with van der Waals surface area (Å²) < 4.78 is 5.38. The Bertz CT molecular complexity index is 521. The predicted octanol–water partition coefficient (Wildman–Crippen LogP) is 1.18. The fraction of sp³-hybridized carbons (Fsp3) is 0.500. The van der Waals surface area contributed by atoms with Gasteiger partial charge in [-0.05, 0) is 13.0 Å². The molecule has 7 nitrogen and oxygen atoms in total.